The van der Waals surface area contributed by atoms with Crippen LogP contribution in [0, 0.1) is 0 Å². The van der Waals surface area contributed by atoms with Crippen LogP contribution in [0.5, 0.6) is 0 Å². The maximum atomic E-state index is 11.3. The van der Waals surface area contributed by atoms with E-state index in [1.54, 1.807) is 0 Å². The van der Waals surface area contributed by atoms with Crippen molar-refractivity contribution in [2.45, 2.75) is 19.1 Å². The molecule has 1 N–H and O–H groups in total. The van der Waals surface area contributed by atoms with Crippen LogP contribution in [0.25, 0.3) is 0 Å². The second-order valence-corrected chi connectivity index (χ2v) is 3.62. The fourth-order valence-corrected chi connectivity index (χ4v) is 1.79. The van der Waals surface area contributed by atoms with Gasteiger partial charge in [-0.25, -0.2) is 0 Å². The molecule has 1 aliphatic heterocycles. The van der Waals surface area contributed by atoms with E-state index in [2.05, 4.69) is 0 Å². The molecule has 0 saturated carbocycles. The molecule has 1 aromatic rings. The number of hydrogen-bond acceptors (Lipinski definition) is 3. The van der Waals surface area contributed by atoms with Gasteiger partial charge in [-0.05, 0) is 19.1 Å². The van der Waals surface area contributed by atoms with Gasteiger partial charge in [0.15, 0.2) is 5.78 Å². The van der Waals surface area contributed by atoms with E-state index in [-0.39, 0.29) is 11.8 Å². The Bertz CT molecular complexity index is 336. The fourth-order valence-electron chi connectivity index (χ4n) is 1.79. The Hall–Kier alpha value is -1.35. The number of aliphatic hydroxyl groups excluding tert-OH is 1. The highest BCUT2D eigenvalue weighted by Crippen LogP contribution is 2.23. The number of para-hydroxylation sites is 1. The summed E-state index contributed by atoms with van der Waals surface area (Å²) in [6.07, 6.45) is -0.838. The Morgan fingerprint density at radius 1 is 1.36 bits per heavy atom. The maximum absolute atomic E-state index is 11.3. The standard InChI is InChI=1S/C11H13NO2/c1-8-11(14)10(13)7-12(8)9-5-3-2-4-6-9/h2-6,8,11,14H,7H2,1H3. The molecule has 14 heavy (non-hydrogen) atoms. The predicted octanol–water partition coefficient (Wildman–Crippen LogP) is 0.825. The minimum atomic E-state index is -0.838. The first kappa shape index (κ1) is 9.21. The smallest absolute Gasteiger partial charge is 0.182 e. The van der Waals surface area contributed by atoms with Crippen molar-refractivity contribution >= 4 is 11.5 Å². The maximum Gasteiger partial charge on any atom is 0.182 e. The first-order chi connectivity index (χ1) is 6.70. The molecule has 1 aliphatic rings. The zero-order chi connectivity index (χ0) is 10.1. The van der Waals surface area contributed by atoms with Crippen molar-refractivity contribution < 1.29 is 9.90 Å². The molecule has 74 valence electrons. The summed E-state index contributed by atoms with van der Waals surface area (Å²) in [4.78, 5) is 13.2. The molecule has 1 saturated heterocycles. The van der Waals surface area contributed by atoms with Crippen LogP contribution in [-0.2, 0) is 4.79 Å². The van der Waals surface area contributed by atoms with E-state index in [1.807, 2.05) is 42.2 Å². The van der Waals surface area contributed by atoms with E-state index in [9.17, 15) is 9.90 Å². The van der Waals surface area contributed by atoms with Crippen LogP contribution >= 0.6 is 0 Å². The van der Waals surface area contributed by atoms with Gasteiger partial charge in [0.25, 0.3) is 0 Å². The van der Waals surface area contributed by atoms with Crippen molar-refractivity contribution in [3.05, 3.63) is 30.3 Å². The number of hydrogen-bond donors (Lipinski definition) is 1. The minimum absolute atomic E-state index is 0.0960. The van der Waals surface area contributed by atoms with Gasteiger partial charge in [-0.15, -0.1) is 0 Å². The van der Waals surface area contributed by atoms with Crippen molar-refractivity contribution in [2.75, 3.05) is 11.4 Å². The summed E-state index contributed by atoms with van der Waals surface area (Å²) in [5.74, 6) is -0.0960. The van der Waals surface area contributed by atoms with Crippen LogP contribution in [0.2, 0.25) is 0 Å². The lowest BCUT2D eigenvalue weighted by Crippen LogP contribution is -2.32. The lowest BCUT2D eigenvalue weighted by Gasteiger charge is -2.23. The molecule has 2 atom stereocenters. The number of ketones is 1. The van der Waals surface area contributed by atoms with Gasteiger partial charge in [0.1, 0.15) is 6.10 Å². The van der Waals surface area contributed by atoms with Gasteiger partial charge in [0.2, 0.25) is 0 Å². The molecule has 0 aromatic heterocycles. The van der Waals surface area contributed by atoms with Crippen molar-refractivity contribution in [1.82, 2.24) is 0 Å². The number of carbonyl (C=O) groups is 1. The average Bonchev–Trinajstić information content (AvgIpc) is 2.47. The Morgan fingerprint density at radius 3 is 2.50 bits per heavy atom. The third-order valence-electron chi connectivity index (χ3n) is 2.69. The second kappa shape index (κ2) is 3.42. The first-order valence-corrected chi connectivity index (χ1v) is 4.72. The molecule has 0 spiro atoms. The SMILES string of the molecule is CC1C(O)C(=O)CN1c1ccccc1. The minimum Gasteiger partial charge on any atom is -0.383 e. The third kappa shape index (κ3) is 1.40. The van der Waals surface area contributed by atoms with Gasteiger partial charge in [0.05, 0.1) is 12.6 Å². The second-order valence-electron chi connectivity index (χ2n) is 3.62. The van der Waals surface area contributed by atoms with Crippen LogP contribution in [0.4, 0.5) is 5.69 Å². The van der Waals surface area contributed by atoms with Crippen LogP contribution in [0.15, 0.2) is 30.3 Å². The van der Waals surface area contributed by atoms with Crippen molar-refractivity contribution in [3.63, 3.8) is 0 Å². The van der Waals surface area contributed by atoms with Gasteiger partial charge >= 0.3 is 0 Å². The number of carbonyl (C=O) groups excluding carboxylic acids is 1. The third-order valence-corrected chi connectivity index (χ3v) is 2.69. The number of rotatable bonds is 1. The molecule has 0 bridgehead atoms. The Morgan fingerprint density at radius 2 is 2.00 bits per heavy atom. The van der Waals surface area contributed by atoms with E-state index in [4.69, 9.17) is 0 Å². The van der Waals surface area contributed by atoms with Gasteiger partial charge in [-0.2, -0.15) is 0 Å². The summed E-state index contributed by atoms with van der Waals surface area (Å²) < 4.78 is 0. The zero-order valence-electron chi connectivity index (χ0n) is 8.05. The van der Waals surface area contributed by atoms with Gasteiger partial charge in [0, 0.05) is 5.69 Å². The summed E-state index contributed by atoms with van der Waals surface area (Å²) in [5, 5.41) is 9.51. The number of benzene rings is 1. The molecule has 1 heterocycles. The molecule has 0 amide bonds. The topological polar surface area (TPSA) is 40.5 Å². The number of nitrogens with zero attached hydrogens (tertiary/aromatic N) is 1. The summed E-state index contributed by atoms with van der Waals surface area (Å²) >= 11 is 0. The molecule has 0 radical (unpaired) electrons. The summed E-state index contributed by atoms with van der Waals surface area (Å²) in [6.45, 7) is 2.18. The molecule has 2 rings (SSSR count). The molecule has 2 unspecified atom stereocenters. The molecule has 3 heteroatoms. The quantitative estimate of drug-likeness (QED) is 0.714. The highest BCUT2D eigenvalue weighted by atomic mass is 16.3. The molecule has 3 nitrogen and oxygen atoms in total. The van der Waals surface area contributed by atoms with E-state index in [1.165, 1.54) is 0 Å². The molecule has 1 aromatic carbocycles. The average molecular weight is 191 g/mol. The van der Waals surface area contributed by atoms with Gasteiger partial charge in [-0.1, -0.05) is 18.2 Å². The Labute approximate surface area is 83.0 Å². The predicted molar refractivity (Wildman–Crippen MR) is 54.3 cm³/mol. The van der Waals surface area contributed by atoms with Gasteiger partial charge < -0.3 is 10.0 Å². The number of aliphatic hydroxyl groups is 1. The van der Waals surface area contributed by atoms with Crippen molar-refractivity contribution in [1.29, 1.82) is 0 Å². The lowest BCUT2D eigenvalue weighted by molar-refractivity contribution is -0.123. The van der Waals surface area contributed by atoms with E-state index in [0.717, 1.165) is 5.69 Å². The summed E-state index contributed by atoms with van der Waals surface area (Å²) in [7, 11) is 0. The number of anilines is 1. The van der Waals surface area contributed by atoms with Crippen molar-refractivity contribution in [2.24, 2.45) is 0 Å². The molecular formula is C11H13NO2. The zero-order valence-corrected chi connectivity index (χ0v) is 8.05. The highest BCUT2D eigenvalue weighted by Gasteiger charge is 2.36. The molecular weight excluding hydrogens is 178 g/mol. The van der Waals surface area contributed by atoms with Gasteiger partial charge in [-0.3, -0.25) is 4.79 Å². The van der Waals surface area contributed by atoms with E-state index in [0.29, 0.717) is 6.54 Å². The van der Waals surface area contributed by atoms with Crippen LogP contribution in [0.3, 0.4) is 0 Å². The monoisotopic (exact) mass is 191 g/mol. The highest BCUT2D eigenvalue weighted by molar-refractivity contribution is 5.92. The number of Topliss-reactive ketones (excluding diaryl/α,β-unsaturated/α-hetero) is 1. The Kier molecular flexibility index (Phi) is 2.25. The summed E-state index contributed by atoms with van der Waals surface area (Å²) in [6, 6.07) is 9.56. The van der Waals surface area contributed by atoms with E-state index >= 15 is 0 Å². The molecule has 0 aliphatic carbocycles. The van der Waals surface area contributed by atoms with Crippen LogP contribution in [-0.4, -0.2) is 29.6 Å². The first-order valence-electron chi connectivity index (χ1n) is 4.72. The normalized spacial score (nSPS) is 27.0. The fraction of sp³-hybridized carbons (Fsp3) is 0.364. The van der Waals surface area contributed by atoms with Crippen LogP contribution < -0.4 is 4.90 Å². The molecule has 1 fully saturated rings. The van der Waals surface area contributed by atoms with E-state index < -0.39 is 6.10 Å². The lowest BCUT2D eigenvalue weighted by atomic mass is 10.2. The summed E-state index contributed by atoms with van der Waals surface area (Å²) in [5.41, 5.74) is 0.991. The van der Waals surface area contributed by atoms with Crippen molar-refractivity contribution in [3.8, 4) is 0 Å². The van der Waals surface area contributed by atoms with Crippen LogP contribution in [0.1, 0.15) is 6.92 Å². The Balaban J connectivity index is 2.26. The largest absolute Gasteiger partial charge is 0.383 e.